The van der Waals surface area contributed by atoms with Gasteiger partial charge in [0.2, 0.25) is 0 Å². The van der Waals surface area contributed by atoms with Crippen LogP contribution in [0.25, 0.3) is 0 Å². The highest BCUT2D eigenvalue weighted by atomic mass is 16.5. The fraction of sp³-hybridized carbons (Fsp3) is 1.00. The van der Waals surface area contributed by atoms with Gasteiger partial charge in [0.15, 0.2) is 0 Å². The average molecular weight is 199 g/mol. The second-order valence-corrected chi connectivity index (χ2v) is 4.83. The van der Waals surface area contributed by atoms with Gasteiger partial charge in [-0.2, -0.15) is 0 Å². The molecule has 1 saturated carbocycles. The molecule has 0 aromatic heterocycles. The molecule has 0 aromatic rings. The molecule has 2 heteroatoms. The fourth-order valence-electron chi connectivity index (χ4n) is 2.35. The molecule has 0 heterocycles. The Morgan fingerprint density at radius 1 is 1.29 bits per heavy atom. The van der Waals surface area contributed by atoms with E-state index >= 15 is 0 Å². The van der Waals surface area contributed by atoms with Crippen LogP contribution in [0.3, 0.4) is 0 Å². The third kappa shape index (κ3) is 4.43. The van der Waals surface area contributed by atoms with E-state index in [2.05, 4.69) is 19.2 Å². The lowest BCUT2D eigenvalue weighted by Crippen LogP contribution is -2.38. The van der Waals surface area contributed by atoms with E-state index < -0.39 is 0 Å². The van der Waals surface area contributed by atoms with Crippen LogP contribution in [-0.4, -0.2) is 25.8 Å². The molecule has 0 amide bonds. The van der Waals surface area contributed by atoms with Gasteiger partial charge < -0.3 is 10.1 Å². The lowest BCUT2D eigenvalue weighted by atomic mass is 10.0. The van der Waals surface area contributed by atoms with Gasteiger partial charge in [-0.25, -0.2) is 0 Å². The Kier molecular flexibility index (Phi) is 5.49. The lowest BCUT2D eigenvalue weighted by Gasteiger charge is -2.21. The van der Waals surface area contributed by atoms with Crippen molar-refractivity contribution < 1.29 is 4.74 Å². The Morgan fingerprint density at radius 3 is 2.79 bits per heavy atom. The quantitative estimate of drug-likeness (QED) is 0.703. The van der Waals surface area contributed by atoms with Crippen LogP contribution in [0.1, 0.15) is 46.0 Å². The maximum Gasteiger partial charge on any atom is 0.0613 e. The van der Waals surface area contributed by atoms with Crippen LogP contribution in [-0.2, 0) is 4.74 Å². The van der Waals surface area contributed by atoms with Crippen molar-refractivity contribution in [2.45, 2.75) is 58.0 Å². The zero-order valence-electron chi connectivity index (χ0n) is 9.88. The van der Waals surface area contributed by atoms with E-state index in [-0.39, 0.29) is 0 Å². The summed E-state index contributed by atoms with van der Waals surface area (Å²) in [6.07, 6.45) is 6.88. The summed E-state index contributed by atoms with van der Waals surface area (Å²) in [5.41, 5.74) is 0. The third-order valence-electron chi connectivity index (χ3n) is 3.19. The van der Waals surface area contributed by atoms with Crippen LogP contribution in [0.5, 0.6) is 0 Å². The van der Waals surface area contributed by atoms with Gasteiger partial charge in [0.05, 0.1) is 6.61 Å². The van der Waals surface area contributed by atoms with Crippen molar-refractivity contribution >= 4 is 0 Å². The highest BCUT2D eigenvalue weighted by Gasteiger charge is 2.17. The molecule has 2 nitrogen and oxygen atoms in total. The number of nitrogens with one attached hydrogen (secondary N) is 1. The van der Waals surface area contributed by atoms with Crippen molar-refractivity contribution in [3.05, 3.63) is 0 Å². The summed E-state index contributed by atoms with van der Waals surface area (Å²) in [5.74, 6) is 0.930. The molecule has 1 fully saturated rings. The summed E-state index contributed by atoms with van der Waals surface area (Å²) in [6, 6.07) is 1.23. The maximum absolute atomic E-state index is 5.14. The van der Waals surface area contributed by atoms with Crippen molar-refractivity contribution in [2.24, 2.45) is 5.92 Å². The van der Waals surface area contributed by atoms with Gasteiger partial charge in [0.25, 0.3) is 0 Å². The Morgan fingerprint density at radius 2 is 2.07 bits per heavy atom. The van der Waals surface area contributed by atoms with Crippen LogP contribution in [0, 0.1) is 5.92 Å². The van der Waals surface area contributed by atoms with Gasteiger partial charge in [-0.1, -0.05) is 19.8 Å². The molecule has 0 bridgehead atoms. The van der Waals surface area contributed by atoms with Crippen LogP contribution in [0.15, 0.2) is 0 Å². The molecule has 0 saturated heterocycles. The van der Waals surface area contributed by atoms with E-state index in [9.17, 15) is 0 Å². The second-order valence-electron chi connectivity index (χ2n) is 4.83. The maximum atomic E-state index is 5.14. The van der Waals surface area contributed by atoms with E-state index in [1.807, 2.05) is 0 Å². The van der Waals surface area contributed by atoms with Crippen LogP contribution >= 0.6 is 0 Å². The standard InChI is InChI=1S/C12H25NO/c1-10-5-4-6-12(8-7-10)13-11(2)9-14-3/h10-13H,4-9H2,1-3H3. The van der Waals surface area contributed by atoms with Crippen LogP contribution in [0.2, 0.25) is 0 Å². The van der Waals surface area contributed by atoms with Gasteiger partial charge in [-0.15, -0.1) is 0 Å². The van der Waals surface area contributed by atoms with E-state index in [1.54, 1.807) is 7.11 Å². The molecule has 0 aliphatic heterocycles. The molecule has 0 radical (unpaired) electrons. The van der Waals surface area contributed by atoms with E-state index in [4.69, 9.17) is 4.74 Å². The molecule has 0 spiro atoms. The van der Waals surface area contributed by atoms with Gasteiger partial charge in [-0.05, 0) is 32.1 Å². The molecule has 0 aromatic carbocycles. The Labute approximate surface area is 88.4 Å². The van der Waals surface area contributed by atoms with E-state index in [1.165, 1.54) is 32.1 Å². The number of hydrogen-bond acceptors (Lipinski definition) is 2. The summed E-state index contributed by atoms with van der Waals surface area (Å²) in [4.78, 5) is 0. The summed E-state index contributed by atoms with van der Waals surface area (Å²) in [5, 5.41) is 3.66. The molecule has 1 rings (SSSR count). The Balaban J connectivity index is 2.22. The zero-order valence-corrected chi connectivity index (χ0v) is 9.88. The van der Waals surface area contributed by atoms with Gasteiger partial charge in [0, 0.05) is 19.2 Å². The van der Waals surface area contributed by atoms with Gasteiger partial charge in [0.1, 0.15) is 0 Å². The smallest absolute Gasteiger partial charge is 0.0613 e. The molecule has 3 unspecified atom stereocenters. The lowest BCUT2D eigenvalue weighted by molar-refractivity contribution is 0.164. The molecule has 84 valence electrons. The first-order valence-corrected chi connectivity index (χ1v) is 5.97. The SMILES string of the molecule is COCC(C)NC1CCCC(C)CC1. The number of ether oxygens (including phenoxy) is 1. The minimum atomic E-state index is 0.499. The van der Waals surface area contributed by atoms with Crippen molar-refractivity contribution in [3.8, 4) is 0 Å². The summed E-state index contributed by atoms with van der Waals surface area (Å²) < 4.78 is 5.14. The molecule has 1 N–H and O–H groups in total. The predicted molar refractivity (Wildman–Crippen MR) is 60.5 cm³/mol. The molecule has 1 aliphatic carbocycles. The normalized spacial score (nSPS) is 31.1. The highest BCUT2D eigenvalue weighted by molar-refractivity contribution is 4.75. The van der Waals surface area contributed by atoms with E-state index in [0.717, 1.165) is 18.6 Å². The molecule has 3 atom stereocenters. The monoisotopic (exact) mass is 199 g/mol. The third-order valence-corrected chi connectivity index (χ3v) is 3.19. The van der Waals surface area contributed by atoms with Crippen molar-refractivity contribution in [2.75, 3.05) is 13.7 Å². The first-order chi connectivity index (χ1) is 6.72. The Bertz CT molecular complexity index is 149. The summed E-state index contributed by atoms with van der Waals surface area (Å²) in [6.45, 7) is 5.41. The summed E-state index contributed by atoms with van der Waals surface area (Å²) >= 11 is 0. The van der Waals surface area contributed by atoms with Crippen molar-refractivity contribution in [3.63, 3.8) is 0 Å². The molecular formula is C12H25NO. The Hall–Kier alpha value is -0.0800. The fourth-order valence-corrected chi connectivity index (χ4v) is 2.35. The minimum absolute atomic E-state index is 0.499. The molecule has 1 aliphatic rings. The predicted octanol–water partition coefficient (Wildman–Crippen LogP) is 2.58. The molecule has 14 heavy (non-hydrogen) atoms. The van der Waals surface area contributed by atoms with Crippen LogP contribution < -0.4 is 5.32 Å². The molecular weight excluding hydrogens is 174 g/mol. The summed E-state index contributed by atoms with van der Waals surface area (Å²) in [7, 11) is 1.77. The highest BCUT2D eigenvalue weighted by Crippen LogP contribution is 2.22. The second kappa shape index (κ2) is 6.41. The number of hydrogen-bond donors (Lipinski definition) is 1. The first kappa shape index (κ1) is 12.0. The topological polar surface area (TPSA) is 21.3 Å². The van der Waals surface area contributed by atoms with Crippen molar-refractivity contribution in [1.82, 2.24) is 5.32 Å². The largest absolute Gasteiger partial charge is 0.383 e. The van der Waals surface area contributed by atoms with Gasteiger partial charge >= 0.3 is 0 Å². The van der Waals surface area contributed by atoms with E-state index in [0.29, 0.717) is 6.04 Å². The minimum Gasteiger partial charge on any atom is -0.383 e. The first-order valence-electron chi connectivity index (χ1n) is 5.97. The zero-order chi connectivity index (χ0) is 10.4. The van der Waals surface area contributed by atoms with Crippen molar-refractivity contribution in [1.29, 1.82) is 0 Å². The van der Waals surface area contributed by atoms with Crippen LogP contribution in [0.4, 0.5) is 0 Å². The number of methoxy groups -OCH3 is 1. The number of rotatable bonds is 4. The van der Waals surface area contributed by atoms with Gasteiger partial charge in [-0.3, -0.25) is 0 Å². The average Bonchev–Trinajstić information content (AvgIpc) is 2.32.